The fraction of sp³-hybridized carbons (Fsp3) is 0.632. The Bertz CT molecular complexity index is 436. The highest BCUT2D eigenvalue weighted by atomic mass is 16.5. The van der Waals surface area contributed by atoms with Crippen LogP contribution in [0.4, 0.5) is 0 Å². The Morgan fingerprint density at radius 2 is 1.48 bits per heavy atom. The van der Waals surface area contributed by atoms with Crippen molar-refractivity contribution < 1.29 is 9.53 Å². The largest absolute Gasteiger partial charge is 0.374 e. The molecular weight excluding hydrogens is 260 g/mol. The number of Topliss-reactive ketones (excluding diaryl/α,β-unsaturated/α-hetero) is 1. The monoisotopic (exact) mass is 286 g/mol. The number of benzene rings is 1. The third-order valence-corrected chi connectivity index (χ3v) is 5.30. The minimum atomic E-state index is 0.437. The molecule has 0 spiro atoms. The molecule has 0 unspecified atom stereocenters. The van der Waals surface area contributed by atoms with Crippen LogP contribution in [0.1, 0.15) is 56.9 Å². The maximum Gasteiger partial charge on any atom is 0.132 e. The third kappa shape index (κ3) is 4.16. The zero-order chi connectivity index (χ0) is 14.5. The Balaban J connectivity index is 1.40. The highest BCUT2D eigenvalue weighted by molar-refractivity contribution is 5.79. The van der Waals surface area contributed by atoms with Crippen molar-refractivity contribution in [2.45, 2.75) is 64.1 Å². The summed E-state index contributed by atoms with van der Waals surface area (Å²) in [5, 5.41) is 0. The molecule has 2 nitrogen and oxygen atoms in total. The van der Waals surface area contributed by atoms with E-state index in [1.807, 2.05) is 6.07 Å². The molecule has 1 aromatic rings. The van der Waals surface area contributed by atoms with Gasteiger partial charge >= 0.3 is 0 Å². The smallest absolute Gasteiger partial charge is 0.132 e. The molecule has 1 aromatic carbocycles. The number of ether oxygens (including phenoxy) is 1. The van der Waals surface area contributed by atoms with Gasteiger partial charge in [0.15, 0.2) is 0 Å². The minimum Gasteiger partial charge on any atom is -0.374 e. The van der Waals surface area contributed by atoms with Crippen LogP contribution in [-0.4, -0.2) is 11.9 Å². The molecule has 0 heterocycles. The standard InChI is InChI=1S/C19H26O2/c20-18-10-6-16(7-11-18)17-8-12-19(13-9-17)21-14-15-4-2-1-3-5-15/h1-5,16-17,19H,6-14H2. The summed E-state index contributed by atoms with van der Waals surface area (Å²) in [5.74, 6) is 2.12. The quantitative estimate of drug-likeness (QED) is 0.813. The second kappa shape index (κ2) is 7.22. The van der Waals surface area contributed by atoms with Crippen molar-refractivity contribution in [2.24, 2.45) is 11.8 Å². The number of rotatable bonds is 4. The van der Waals surface area contributed by atoms with E-state index in [2.05, 4.69) is 24.3 Å². The van der Waals surface area contributed by atoms with Crippen LogP contribution < -0.4 is 0 Å². The van der Waals surface area contributed by atoms with Crippen molar-refractivity contribution in [2.75, 3.05) is 0 Å². The summed E-state index contributed by atoms with van der Waals surface area (Å²) in [5.41, 5.74) is 1.27. The summed E-state index contributed by atoms with van der Waals surface area (Å²) in [6, 6.07) is 10.4. The second-order valence-electron chi connectivity index (χ2n) is 6.71. The molecule has 2 heteroatoms. The first-order chi connectivity index (χ1) is 10.3. The van der Waals surface area contributed by atoms with Gasteiger partial charge in [-0.05, 0) is 55.9 Å². The van der Waals surface area contributed by atoms with Crippen molar-refractivity contribution in [3.05, 3.63) is 35.9 Å². The van der Waals surface area contributed by atoms with E-state index in [4.69, 9.17) is 4.74 Å². The Morgan fingerprint density at radius 1 is 0.857 bits per heavy atom. The molecular formula is C19H26O2. The molecule has 2 saturated carbocycles. The number of hydrogen-bond donors (Lipinski definition) is 0. The van der Waals surface area contributed by atoms with E-state index in [1.165, 1.54) is 31.2 Å². The van der Waals surface area contributed by atoms with Crippen molar-refractivity contribution in [1.29, 1.82) is 0 Å². The zero-order valence-corrected chi connectivity index (χ0v) is 12.8. The summed E-state index contributed by atoms with van der Waals surface area (Å²) in [7, 11) is 0. The lowest BCUT2D eigenvalue weighted by atomic mass is 9.72. The molecule has 2 fully saturated rings. The van der Waals surface area contributed by atoms with E-state index in [1.54, 1.807) is 0 Å². The lowest BCUT2D eigenvalue weighted by Crippen LogP contribution is -2.28. The summed E-state index contributed by atoms with van der Waals surface area (Å²) in [4.78, 5) is 11.3. The van der Waals surface area contributed by atoms with Crippen LogP contribution in [0.15, 0.2) is 30.3 Å². The normalized spacial score (nSPS) is 27.7. The van der Waals surface area contributed by atoms with Crippen LogP contribution in [0.5, 0.6) is 0 Å². The van der Waals surface area contributed by atoms with E-state index < -0.39 is 0 Å². The molecule has 2 aliphatic carbocycles. The van der Waals surface area contributed by atoms with Crippen LogP contribution in [0.3, 0.4) is 0 Å². The topological polar surface area (TPSA) is 26.3 Å². The predicted molar refractivity (Wildman–Crippen MR) is 83.9 cm³/mol. The fourth-order valence-electron chi connectivity index (χ4n) is 3.95. The second-order valence-corrected chi connectivity index (χ2v) is 6.71. The molecule has 0 aliphatic heterocycles. The Hall–Kier alpha value is -1.15. The maximum atomic E-state index is 11.3. The molecule has 0 atom stereocenters. The van der Waals surface area contributed by atoms with E-state index in [0.717, 1.165) is 44.1 Å². The van der Waals surface area contributed by atoms with Crippen LogP contribution >= 0.6 is 0 Å². The highest BCUT2D eigenvalue weighted by Gasteiger charge is 2.30. The Labute approximate surface area is 127 Å². The van der Waals surface area contributed by atoms with Gasteiger partial charge in [0.25, 0.3) is 0 Å². The maximum absolute atomic E-state index is 11.3. The first kappa shape index (κ1) is 14.8. The van der Waals surface area contributed by atoms with Crippen LogP contribution in [0, 0.1) is 11.8 Å². The van der Waals surface area contributed by atoms with Gasteiger partial charge < -0.3 is 4.74 Å². The van der Waals surface area contributed by atoms with Gasteiger partial charge in [-0.25, -0.2) is 0 Å². The van der Waals surface area contributed by atoms with Gasteiger partial charge in [-0.1, -0.05) is 30.3 Å². The Kier molecular flexibility index (Phi) is 5.08. The summed E-state index contributed by atoms with van der Waals surface area (Å²) in [6.45, 7) is 0.744. The summed E-state index contributed by atoms with van der Waals surface area (Å²) < 4.78 is 6.07. The van der Waals surface area contributed by atoms with Gasteiger partial charge in [-0.15, -0.1) is 0 Å². The molecule has 2 aliphatic rings. The number of carbonyl (C=O) groups is 1. The van der Waals surface area contributed by atoms with Crippen LogP contribution in [0.25, 0.3) is 0 Å². The fourth-order valence-corrected chi connectivity index (χ4v) is 3.95. The minimum absolute atomic E-state index is 0.437. The van der Waals surface area contributed by atoms with Crippen LogP contribution in [0.2, 0.25) is 0 Å². The van der Waals surface area contributed by atoms with Gasteiger partial charge in [0.2, 0.25) is 0 Å². The molecule has 0 amide bonds. The number of carbonyl (C=O) groups excluding carboxylic acids is 1. The molecule has 3 rings (SSSR count). The molecule has 0 radical (unpaired) electrons. The van der Waals surface area contributed by atoms with Gasteiger partial charge in [-0.2, -0.15) is 0 Å². The number of ketones is 1. The average molecular weight is 286 g/mol. The van der Waals surface area contributed by atoms with Crippen LogP contribution in [-0.2, 0) is 16.1 Å². The predicted octanol–water partition coefficient (Wildman–Crippen LogP) is 4.52. The lowest BCUT2D eigenvalue weighted by molar-refractivity contribution is -0.121. The van der Waals surface area contributed by atoms with E-state index in [0.29, 0.717) is 11.9 Å². The molecule has 0 aromatic heterocycles. The molecule has 114 valence electrons. The zero-order valence-electron chi connectivity index (χ0n) is 12.8. The van der Waals surface area contributed by atoms with Crippen molar-refractivity contribution in [3.63, 3.8) is 0 Å². The number of hydrogen-bond acceptors (Lipinski definition) is 2. The van der Waals surface area contributed by atoms with Gasteiger partial charge in [0.05, 0.1) is 12.7 Å². The third-order valence-electron chi connectivity index (χ3n) is 5.30. The molecule has 0 N–H and O–H groups in total. The first-order valence-corrected chi connectivity index (χ1v) is 8.48. The SMILES string of the molecule is O=C1CCC(C2CCC(OCc3ccccc3)CC2)CC1. The van der Waals surface area contributed by atoms with E-state index >= 15 is 0 Å². The summed E-state index contributed by atoms with van der Waals surface area (Å²) >= 11 is 0. The van der Waals surface area contributed by atoms with Crippen molar-refractivity contribution in [1.82, 2.24) is 0 Å². The Morgan fingerprint density at radius 3 is 2.14 bits per heavy atom. The van der Waals surface area contributed by atoms with Crippen molar-refractivity contribution in [3.8, 4) is 0 Å². The van der Waals surface area contributed by atoms with Crippen molar-refractivity contribution >= 4 is 5.78 Å². The first-order valence-electron chi connectivity index (χ1n) is 8.48. The van der Waals surface area contributed by atoms with E-state index in [-0.39, 0.29) is 0 Å². The highest BCUT2D eigenvalue weighted by Crippen LogP contribution is 2.38. The van der Waals surface area contributed by atoms with E-state index in [9.17, 15) is 4.79 Å². The average Bonchev–Trinajstić information content (AvgIpc) is 2.55. The summed E-state index contributed by atoms with van der Waals surface area (Å²) in [6.07, 6.45) is 9.34. The molecule has 0 saturated heterocycles. The van der Waals surface area contributed by atoms with Gasteiger partial charge in [0, 0.05) is 12.8 Å². The van der Waals surface area contributed by atoms with Gasteiger partial charge in [-0.3, -0.25) is 4.79 Å². The lowest BCUT2D eigenvalue weighted by Gasteiger charge is -2.35. The van der Waals surface area contributed by atoms with Gasteiger partial charge in [0.1, 0.15) is 5.78 Å². The molecule has 21 heavy (non-hydrogen) atoms. The molecule has 0 bridgehead atoms.